The van der Waals surface area contributed by atoms with Gasteiger partial charge in [-0.2, -0.15) is 0 Å². The third kappa shape index (κ3) is 9.58. The lowest BCUT2D eigenvalue weighted by Gasteiger charge is -2.00. The Labute approximate surface area is 74.8 Å². The second kappa shape index (κ2) is 7.24. The Morgan fingerprint density at radius 2 is 2.17 bits per heavy atom. The predicted molar refractivity (Wildman–Crippen MR) is 48.7 cm³/mol. The number of carbonyl (C=O) groups is 1. The largest absolute Gasteiger partial charge is 0.481 e. The lowest BCUT2D eigenvalue weighted by atomic mass is 10.3. The Morgan fingerprint density at radius 1 is 1.50 bits per heavy atom. The molecule has 0 aliphatic heterocycles. The third-order valence-corrected chi connectivity index (χ3v) is 2.09. The van der Waals surface area contributed by atoms with Gasteiger partial charge in [0.05, 0.1) is 0 Å². The van der Waals surface area contributed by atoms with Gasteiger partial charge in [-0.3, -0.25) is 9.00 Å². The van der Waals surface area contributed by atoms with Gasteiger partial charge in [0.25, 0.3) is 0 Å². The molecule has 0 aliphatic rings. The van der Waals surface area contributed by atoms with Crippen molar-refractivity contribution in [1.29, 1.82) is 0 Å². The molecule has 0 aromatic rings. The smallest absolute Gasteiger partial charge is 0.303 e. The average molecular weight is 193 g/mol. The third-order valence-electron chi connectivity index (χ3n) is 1.31. The van der Waals surface area contributed by atoms with Crippen LogP contribution in [0.3, 0.4) is 0 Å². The molecule has 12 heavy (non-hydrogen) atoms. The molecule has 0 fully saturated rings. The van der Waals surface area contributed by atoms with E-state index in [2.05, 4.69) is 5.32 Å². The maximum absolute atomic E-state index is 10.6. The van der Waals surface area contributed by atoms with E-state index in [1.165, 1.54) is 0 Å². The van der Waals surface area contributed by atoms with Crippen LogP contribution in [0.2, 0.25) is 0 Å². The molecule has 0 saturated heterocycles. The number of rotatable bonds is 7. The van der Waals surface area contributed by atoms with Gasteiger partial charge in [-0.15, -0.1) is 0 Å². The number of aliphatic carboxylic acids is 1. The van der Waals surface area contributed by atoms with Gasteiger partial charge in [0.1, 0.15) is 0 Å². The van der Waals surface area contributed by atoms with Crippen LogP contribution in [0.1, 0.15) is 12.8 Å². The van der Waals surface area contributed by atoms with Crippen molar-refractivity contribution in [3.63, 3.8) is 0 Å². The minimum Gasteiger partial charge on any atom is -0.481 e. The molecule has 0 heterocycles. The van der Waals surface area contributed by atoms with E-state index in [0.717, 1.165) is 0 Å². The number of hydrogen-bond donors (Lipinski definition) is 2. The molecule has 0 bridgehead atoms. The van der Waals surface area contributed by atoms with Crippen LogP contribution >= 0.6 is 0 Å². The van der Waals surface area contributed by atoms with Gasteiger partial charge in [0.2, 0.25) is 0 Å². The van der Waals surface area contributed by atoms with Crippen molar-refractivity contribution in [1.82, 2.24) is 5.32 Å². The van der Waals surface area contributed by atoms with E-state index >= 15 is 0 Å². The fourth-order valence-corrected chi connectivity index (χ4v) is 1.14. The first-order chi connectivity index (χ1) is 5.63. The van der Waals surface area contributed by atoms with Crippen molar-refractivity contribution in [3.05, 3.63) is 0 Å². The molecule has 0 saturated carbocycles. The lowest BCUT2D eigenvalue weighted by Crippen LogP contribution is -2.21. The zero-order valence-corrected chi connectivity index (χ0v) is 8.02. The quantitative estimate of drug-likeness (QED) is 0.550. The Hall–Kier alpha value is -0.420. The summed E-state index contributed by atoms with van der Waals surface area (Å²) in [7, 11) is -0.759. The molecule has 5 heteroatoms. The molecule has 0 aliphatic carbocycles. The lowest BCUT2D eigenvalue weighted by molar-refractivity contribution is -0.137. The van der Waals surface area contributed by atoms with Crippen LogP contribution in [-0.4, -0.2) is 40.4 Å². The van der Waals surface area contributed by atoms with Gasteiger partial charge in [-0.25, -0.2) is 0 Å². The first-order valence-corrected chi connectivity index (χ1v) is 5.58. The molecule has 4 nitrogen and oxygen atoms in total. The van der Waals surface area contributed by atoms with Gasteiger partial charge in [-0.05, 0) is 13.0 Å². The first kappa shape index (κ1) is 11.6. The fourth-order valence-electron chi connectivity index (χ4n) is 0.706. The van der Waals surface area contributed by atoms with E-state index in [1.54, 1.807) is 6.26 Å². The van der Waals surface area contributed by atoms with Crippen LogP contribution in [0.4, 0.5) is 0 Å². The number of nitrogens with one attached hydrogen (secondary N) is 1. The van der Waals surface area contributed by atoms with Crippen LogP contribution in [0.25, 0.3) is 0 Å². The van der Waals surface area contributed by atoms with Gasteiger partial charge < -0.3 is 10.4 Å². The standard InChI is InChI=1S/C7H15NO3S/c1-12(11)6-5-8-4-2-3-7(9)10/h8H,2-6H2,1H3,(H,9,10). The van der Waals surface area contributed by atoms with Crippen molar-refractivity contribution in [2.75, 3.05) is 25.1 Å². The normalized spacial score (nSPS) is 12.8. The minimum absolute atomic E-state index is 0.197. The maximum atomic E-state index is 10.6. The Morgan fingerprint density at radius 3 is 2.67 bits per heavy atom. The van der Waals surface area contributed by atoms with Gasteiger partial charge in [-0.1, -0.05) is 0 Å². The van der Waals surface area contributed by atoms with Gasteiger partial charge in [0, 0.05) is 35.8 Å². The highest BCUT2D eigenvalue weighted by atomic mass is 32.2. The molecule has 0 amide bonds. The highest BCUT2D eigenvalue weighted by Crippen LogP contribution is 1.85. The van der Waals surface area contributed by atoms with Crippen LogP contribution in [0.5, 0.6) is 0 Å². The summed E-state index contributed by atoms with van der Waals surface area (Å²) in [4.78, 5) is 10.1. The van der Waals surface area contributed by atoms with Crippen LogP contribution in [0.15, 0.2) is 0 Å². The topological polar surface area (TPSA) is 66.4 Å². The Kier molecular flexibility index (Phi) is 6.99. The van der Waals surface area contributed by atoms with E-state index in [0.29, 0.717) is 25.3 Å². The molecular formula is C7H15NO3S. The summed E-state index contributed by atoms with van der Waals surface area (Å²) in [6, 6.07) is 0. The Balaban J connectivity index is 3.01. The van der Waals surface area contributed by atoms with Gasteiger partial charge >= 0.3 is 5.97 Å². The summed E-state index contributed by atoms with van der Waals surface area (Å²) >= 11 is 0. The monoisotopic (exact) mass is 193 g/mol. The number of carboxylic acid groups (broad SMARTS) is 1. The summed E-state index contributed by atoms with van der Waals surface area (Å²) in [6.07, 6.45) is 2.48. The second-order valence-corrected chi connectivity index (χ2v) is 4.08. The molecule has 1 atom stereocenters. The van der Waals surface area contributed by atoms with E-state index in [-0.39, 0.29) is 6.42 Å². The summed E-state index contributed by atoms with van der Waals surface area (Å²) in [5.41, 5.74) is 0. The summed E-state index contributed by atoms with van der Waals surface area (Å²) in [6.45, 7) is 1.38. The van der Waals surface area contributed by atoms with Crippen LogP contribution < -0.4 is 5.32 Å². The Bertz CT molecular complexity index is 143. The SMILES string of the molecule is CS(=O)CCNCCCC(=O)O. The molecule has 0 aromatic carbocycles. The molecule has 0 rings (SSSR count). The molecule has 1 unspecified atom stereocenters. The van der Waals surface area contributed by atoms with Crippen molar-refractivity contribution < 1.29 is 14.1 Å². The maximum Gasteiger partial charge on any atom is 0.303 e. The van der Waals surface area contributed by atoms with Crippen molar-refractivity contribution >= 4 is 16.8 Å². The molecule has 0 aromatic heterocycles. The second-order valence-electron chi connectivity index (χ2n) is 2.52. The molecular weight excluding hydrogens is 178 g/mol. The summed E-state index contributed by atoms with van der Waals surface area (Å²) in [5.74, 6) is -0.136. The zero-order chi connectivity index (χ0) is 9.40. The number of hydrogen-bond acceptors (Lipinski definition) is 3. The zero-order valence-electron chi connectivity index (χ0n) is 7.21. The van der Waals surface area contributed by atoms with E-state index in [1.807, 2.05) is 0 Å². The van der Waals surface area contributed by atoms with E-state index < -0.39 is 16.8 Å². The summed E-state index contributed by atoms with van der Waals surface area (Å²) in [5, 5.41) is 11.3. The highest BCUT2D eigenvalue weighted by molar-refractivity contribution is 7.84. The highest BCUT2D eigenvalue weighted by Gasteiger charge is 1.95. The van der Waals surface area contributed by atoms with Crippen molar-refractivity contribution in [2.24, 2.45) is 0 Å². The molecule has 2 N–H and O–H groups in total. The van der Waals surface area contributed by atoms with Crippen molar-refractivity contribution in [3.8, 4) is 0 Å². The fraction of sp³-hybridized carbons (Fsp3) is 0.857. The minimum atomic E-state index is -0.768. The van der Waals surface area contributed by atoms with Gasteiger partial charge in [0.15, 0.2) is 0 Å². The van der Waals surface area contributed by atoms with Crippen molar-refractivity contribution in [2.45, 2.75) is 12.8 Å². The van der Waals surface area contributed by atoms with E-state index in [4.69, 9.17) is 5.11 Å². The molecule has 72 valence electrons. The van der Waals surface area contributed by atoms with Crippen LogP contribution in [0, 0.1) is 0 Å². The summed E-state index contributed by atoms with van der Waals surface area (Å²) < 4.78 is 10.6. The average Bonchev–Trinajstić information content (AvgIpc) is 1.95. The first-order valence-electron chi connectivity index (χ1n) is 3.85. The van der Waals surface area contributed by atoms with E-state index in [9.17, 15) is 9.00 Å². The molecule has 0 radical (unpaired) electrons. The van der Waals surface area contributed by atoms with Crippen LogP contribution in [-0.2, 0) is 15.6 Å². The molecule has 0 spiro atoms. The number of carboxylic acids is 1. The predicted octanol–water partition coefficient (Wildman–Crippen LogP) is -0.181.